The summed E-state index contributed by atoms with van der Waals surface area (Å²) in [4.78, 5) is -7.56. The maximum atomic E-state index is 12.8. The molecule has 0 atom stereocenters. The Hall–Kier alpha value is -8.36. The maximum absolute atomic E-state index is 12.8. The van der Waals surface area contributed by atoms with E-state index in [4.69, 9.17) is 0 Å². The van der Waals surface area contributed by atoms with Gasteiger partial charge in [0.1, 0.15) is 9.79 Å². The number of rotatable bonds is 18. The molecule has 14 N–H and O–H groups in total. The van der Waals surface area contributed by atoms with Gasteiger partial charge in [0.15, 0.2) is 0 Å². The Bertz CT molecular complexity index is 5090. The second-order valence-corrected chi connectivity index (χ2v) is 32.9. The third-order valence-electron chi connectivity index (χ3n) is 12.0. The van der Waals surface area contributed by atoms with Gasteiger partial charge >= 0.3 is 397 Å². The zero-order valence-corrected chi connectivity index (χ0v) is 52.1. The summed E-state index contributed by atoms with van der Waals surface area (Å²) >= 11 is -11.6. The molecule has 0 saturated carbocycles. The average molecular weight is 1490 g/mol. The third kappa shape index (κ3) is 14.4. The van der Waals surface area contributed by atoms with Gasteiger partial charge in [0.05, 0.1) is 0 Å². The Kier molecular flexibility index (Phi) is 18.1. The van der Waals surface area contributed by atoms with E-state index in [9.17, 15) is 122 Å². The van der Waals surface area contributed by atoms with Gasteiger partial charge in [0, 0.05) is 0 Å². The van der Waals surface area contributed by atoms with Crippen molar-refractivity contribution < 1.29 is 122 Å². The van der Waals surface area contributed by atoms with Gasteiger partial charge < -0.3 is 0 Å². The van der Waals surface area contributed by atoms with Crippen molar-refractivity contribution in [2.45, 2.75) is 29.4 Å². The van der Waals surface area contributed by atoms with Crippen LogP contribution in [0.25, 0.3) is 33.7 Å². The number of phenolic OH excluding ortho intramolecular Hbond substituents is 4. The van der Waals surface area contributed by atoms with Gasteiger partial charge in [0.25, 0.3) is 20.2 Å². The zero-order valence-electron chi connectivity index (χ0n) is 43.4. The summed E-state index contributed by atoms with van der Waals surface area (Å²) in [5, 5.41) is 70.7. The topological polar surface area (TPSA) is 621 Å². The smallest absolute Gasteiger partial charge is 0.282 e. The fourth-order valence-corrected chi connectivity index (χ4v) is 15.1. The third-order valence-corrected chi connectivity index (χ3v) is 21.6. The number of nitrogens with zero attached hydrogens (tertiary/aromatic N) is 8. The van der Waals surface area contributed by atoms with Gasteiger partial charge in [-0.2, -0.15) is 16.8 Å². The van der Waals surface area contributed by atoms with E-state index in [2.05, 4.69) is 40.9 Å². The molecule has 0 aliphatic heterocycles. The van der Waals surface area contributed by atoms with Crippen LogP contribution in [0.15, 0.2) is 179 Å². The molecule has 0 heterocycles. The predicted octanol–water partition coefficient (Wildman–Crippen LogP) is 5.25. The molecule has 0 aliphatic carbocycles. The Balaban J connectivity index is 1.18. The molecule has 0 saturated heterocycles. The molecule has 8 rings (SSSR count). The number of fused-ring (bicyclic) bond motifs is 2. The largest absolute Gasteiger partial charge is 0.295 e. The molecular formula is C46H34As2N8O28S6. The van der Waals surface area contributed by atoms with E-state index in [0.717, 1.165) is 60.7 Å². The van der Waals surface area contributed by atoms with Crippen molar-refractivity contribution in [3.8, 4) is 23.0 Å². The van der Waals surface area contributed by atoms with Crippen molar-refractivity contribution in [1.82, 2.24) is 0 Å². The molecule has 0 aliphatic rings. The van der Waals surface area contributed by atoms with Crippen LogP contribution in [0.3, 0.4) is 0 Å². The molecule has 0 unspecified atom stereocenters. The van der Waals surface area contributed by atoms with Crippen LogP contribution in [0.1, 0.15) is 11.1 Å². The Morgan fingerprint density at radius 2 is 0.578 bits per heavy atom. The van der Waals surface area contributed by atoms with Gasteiger partial charge in [-0.3, -0.25) is 9.11 Å². The molecule has 44 heteroatoms. The summed E-state index contributed by atoms with van der Waals surface area (Å²) < 4.78 is 275. The van der Waals surface area contributed by atoms with Crippen LogP contribution in [0.4, 0.5) is 45.5 Å². The number of aromatic hydroxyl groups is 4. The van der Waals surface area contributed by atoms with Crippen LogP contribution < -0.4 is 8.70 Å². The Morgan fingerprint density at radius 1 is 0.322 bits per heavy atom. The molecule has 0 aromatic heterocycles. The summed E-state index contributed by atoms with van der Waals surface area (Å²) in [6.07, 6.45) is 1.64. The molecule has 0 spiro atoms. The number of hydrogen-bond acceptors (Lipinski definition) is 26. The molecule has 36 nitrogen and oxygen atoms in total. The second-order valence-electron chi connectivity index (χ2n) is 18.0. The molecule has 0 bridgehead atoms. The van der Waals surface area contributed by atoms with E-state index in [-0.39, 0.29) is 0 Å². The summed E-state index contributed by atoms with van der Waals surface area (Å²) in [6.45, 7) is 0. The first-order valence-electron chi connectivity index (χ1n) is 23.3. The van der Waals surface area contributed by atoms with E-state index < -0.39 is 228 Å². The summed E-state index contributed by atoms with van der Waals surface area (Å²) in [7, 11) is -32.9. The molecule has 0 amide bonds. The normalized spacial score (nSPS) is 13.6. The Labute approximate surface area is 509 Å². The van der Waals surface area contributed by atoms with Gasteiger partial charge in [0.2, 0.25) is 0 Å². The van der Waals surface area contributed by atoms with Crippen molar-refractivity contribution in [2.75, 3.05) is 0 Å². The standard InChI is InChI=1S/C46H34As2N8O28S6/c57-43-37-23(17-35(89(79,80)81)41(45(37)59)55-51-29-7-3-1-5-27(29)47(61,62)63)15-33(87(73,74)75)39(43)53-49-25-13-11-21(31(19-25)85(67,68)69)9-10-22-12-14-26(20-32(22)86(70,71)72)50-54-40-34(88(76,77)78)16-24-18-36(90(82,83)84)42(46(60)38(24)44(40)58)56-52-30-8-4-2-6-28(30)48(64,65)66/h1-20,57-60H,(H2,61,62,63)(H2,64,65,66)(H,67,68,69)(H,70,71,72)(H,73,74,75)(H,76,77,78)(H,79,80,81)(H,82,83,84)/b10-9+,53-49?,54-50?,55-51?,56-52?. The molecule has 0 fully saturated rings. The van der Waals surface area contributed by atoms with Crippen molar-refractivity contribution in [1.29, 1.82) is 0 Å². The van der Waals surface area contributed by atoms with E-state index in [1.54, 1.807) is 0 Å². The SMILES string of the molecule is O=S(=O)(O)c1cc(N=Nc2c(S(=O)(=O)O)cc3cc(S(=O)(=O)O)c(N=Nc4ccccc4[As](=O)(O)O)c(O)c3c2O)ccc1/C=C/c1ccc(N=Nc2c(S(=O)(=O)O)cc3cc(S(=O)(=O)O)c(N=Nc4ccccc4[As](=O)(O)O)c(O)c3c2O)cc1S(=O)(=O)O. The predicted molar refractivity (Wildman–Crippen MR) is 306 cm³/mol. The molecule has 0 radical (unpaired) electrons. The van der Waals surface area contributed by atoms with Gasteiger partial charge in [-0.1, -0.05) is 24.3 Å². The summed E-state index contributed by atoms with van der Waals surface area (Å²) in [5.74, 6) is -5.69. The van der Waals surface area contributed by atoms with Crippen LogP contribution in [0.5, 0.6) is 23.0 Å². The molecule has 472 valence electrons. The van der Waals surface area contributed by atoms with Crippen LogP contribution in [-0.2, 0) is 68.2 Å². The van der Waals surface area contributed by atoms with E-state index in [1.165, 1.54) is 24.3 Å². The van der Waals surface area contributed by atoms with Gasteiger partial charge in [-0.05, 0) is 35.4 Å². The van der Waals surface area contributed by atoms with Crippen molar-refractivity contribution in [3.63, 3.8) is 0 Å². The number of azo groups is 4. The van der Waals surface area contributed by atoms with Gasteiger partial charge in [-0.25, -0.2) is 0 Å². The zero-order chi connectivity index (χ0) is 66.8. The fraction of sp³-hybridized carbons (Fsp3) is 0. The van der Waals surface area contributed by atoms with Crippen LogP contribution in [-0.4, -0.2) is 143 Å². The van der Waals surface area contributed by atoms with Crippen molar-refractivity contribution in [2.24, 2.45) is 40.9 Å². The minimum Gasteiger partial charge on any atom is -0.282 e. The van der Waals surface area contributed by atoms with Crippen LogP contribution in [0.2, 0.25) is 0 Å². The first kappa shape index (κ1) is 67.6. The van der Waals surface area contributed by atoms with Crippen molar-refractivity contribution in [3.05, 3.63) is 120 Å². The van der Waals surface area contributed by atoms with E-state index >= 15 is 0 Å². The minimum absolute atomic E-state index is 0.417. The minimum atomic E-state index is -5.78. The molecular weight excluding hydrogens is 1450 g/mol. The van der Waals surface area contributed by atoms with Crippen LogP contribution >= 0.6 is 0 Å². The van der Waals surface area contributed by atoms with E-state index in [0.29, 0.717) is 36.4 Å². The molecule has 8 aromatic rings. The number of phenols is 4. The van der Waals surface area contributed by atoms with Crippen LogP contribution in [0, 0.1) is 0 Å². The van der Waals surface area contributed by atoms with E-state index in [1.807, 2.05) is 0 Å². The first-order valence-corrected chi connectivity index (χ1v) is 38.7. The fourth-order valence-electron chi connectivity index (χ4n) is 8.18. The molecule has 8 aromatic carbocycles. The maximum Gasteiger partial charge on any atom is 0.295 e. The number of hydrogen-bond donors (Lipinski definition) is 14. The first-order chi connectivity index (χ1) is 41.4. The quantitative estimate of drug-likeness (QED) is 0.0226. The number of benzene rings is 8. The van der Waals surface area contributed by atoms with Gasteiger partial charge in [-0.15, -0.1) is 0 Å². The Morgan fingerprint density at radius 3 is 0.833 bits per heavy atom. The van der Waals surface area contributed by atoms with Crippen molar-refractivity contribution >= 4 is 177 Å². The second kappa shape index (κ2) is 24.1. The monoisotopic (exact) mass is 1490 g/mol. The summed E-state index contributed by atoms with van der Waals surface area (Å²) in [5.41, 5.74) is -8.39. The summed E-state index contributed by atoms with van der Waals surface area (Å²) in [6, 6.07) is 15.1. The molecule has 90 heavy (non-hydrogen) atoms. The average Bonchev–Trinajstić information content (AvgIpc) is 0.753.